The molecule has 5 heterocycles. The number of nitrogens with one attached hydrogen (secondary N) is 1. The summed E-state index contributed by atoms with van der Waals surface area (Å²) in [6, 6.07) is 1.64. The van der Waals surface area contributed by atoms with E-state index in [2.05, 4.69) is 35.2 Å². The fraction of sp³-hybridized carbons (Fsp3) is 0.200. The number of hydrogen-bond donors (Lipinski definition) is 1. The quantitative estimate of drug-likeness (QED) is 0.643. The summed E-state index contributed by atoms with van der Waals surface area (Å²) in [5, 5.41) is 14.3. The van der Waals surface area contributed by atoms with Gasteiger partial charge in [0.15, 0.2) is 0 Å². The Balaban J connectivity index is 1.47. The molecule has 0 unspecified atom stereocenters. The van der Waals surface area contributed by atoms with Crippen LogP contribution in [-0.4, -0.2) is 47.9 Å². The molecule has 3 aromatic heterocycles. The number of anilines is 1. The monoisotopic (exact) mass is 419 g/mol. The molecule has 1 N–H and O–H groups in total. The predicted molar refractivity (Wildman–Crippen MR) is 110 cm³/mol. The summed E-state index contributed by atoms with van der Waals surface area (Å²) >= 11 is 0. The van der Waals surface area contributed by atoms with Crippen molar-refractivity contribution >= 4 is 12.2 Å². The van der Waals surface area contributed by atoms with Crippen LogP contribution in [-0.2, 0) is 6.42 Å². The van der Waals surface area contributed by atoms with Crippen molar-refractivity contribution in [2.75, 3.05) is 11.4 Å². The van der Waals surface area contributed by atoms with Crippen LogP contribution in [0, 0.1) is 0 Å². The Labute approximate surface area is 176 Å². The largest absolute Gasteiger partial charge is 0.402 e. The number of H-pyrrole nitrogens is 1. The van der Waals surface area contributed by atoms with Gasteiger partial charge in [0.05, 0.1) is 23.9 Å². The number of allylic oxidation sites excluding steroid dienone is 4. The van der Waals surface area contributed by atoms with Crippen molar-refractivity contribution in [3.05, 3.63) is 72.3 Å². The van der Waals surface area contributed by atoms with Gasteiger partial charge in [-0.2, -0.15) is 5.10 Å². The molecular weight excluding hydrogens is 401 g/mol. The number of rotatable bonds is 4. The van der Waals surface area contributed by atoms with E-state index in [0.29, 0.717) is 29.8 Å². The van der Waals surface area contributed by atoms with Crippen molar-refractivity contribution in [1.29, 1.82) is 0 Å². The zero-order valence-electron chi connectivity index (χ0n) is 16.6. The lowest BCUT2D eigenvalue weighted by atomic mass is 10.0. The molecule has 3 aromatic rings. The predicted octanol–water partition coefficient (Wildman–Crippen LogP) is 2.93. The molecule has 2 aliphatic rings. The minimum absolute atomic E-state index is 0.295. The number of aromatic amines is 1. The van der Waals surface area contributed by atoms with Crippen molar-refractivity contribution in [2.45, 2.75) is 19.4 Å². The second-order valence-corrected chi connectivity index (χ2v) is 6.78. The second kappa shape index (κ2) is 7.94. The molecule has 0 amide bonds. The SMILES string of the molecule is C/C=C1/C(F)=CC=CN1/N=C/[C@H]1c2nc[nH]c2CCN1c1nnc(-c2ccncn2)o1. The molecule has 0 saturated carbocycles. The first-order valence-corrected chi connectivity index (χ1v) is 9.67. The summed E-state index contributed by atoms with van der Waals surface area (Å²) in [6.07, 6.45) is 13.4. The summed E-state index contributed by atoms with van der Waals surface area (Å²) in [6.45, 7) is 2.37. The van der Waals surface area contributed by atoms with Gasteiger partial charge < -0.3 is 14.3 Å². The summed E-state index contributed by atoms with van der Waals surface area (Å²) in [5.41, 5.74) is 2.72. The highest BCUT2D eigenvalue weighted by Gasteiger charge is 2.32. The highest BCUT2D eigenvalue weighted by atomic mass is 19.1. The molecule has 0 spiro atoms. The molecule has 2 aliphatic heterocycles. The molecule has 1 atom stereocenters. The lowest BCUT2D eigenvalue weighted by Gasteiger charge is -2.31. The molecule has 11 heteroatoms. The number of fused-ring (bicyclic) bond motifs is 1. The highest BCUT2D eigenvalue weighted by Crippen LogP contribution is 2.32. The molecule has 0 fully saturated rings. The first-order valence-electron chi connectivity index (χ1n) is 9.67. The van der Waals surface area contributed by atoms with E-state index in [9.17, 15) is 4.39 Å². The van der Waals surface area contributed by atoms with Crippen molar-refractivity contribution in [2.24, 2.45) is 5.10 Å². The third-order valence-electron chi connectivity index (χ3n) is 5.00. The van der Waals surface area contributed by atoms with Crippen LogP contribution in [0.5, 0.6) is 0 Å². The van der Waals surface area contributed by atoms with Gasteiger partial charge in [-0.1, -0.05) is 11.2 Å². The minimum Gasteiger partial charge on any atom is -0.402 e. The standard InChI is InChI=1S/C20H18FN9O/c1-2-16-13(21)4-3-8-30(16)26-10-17-18-14(24-12-25-18)6-9-29(17)20-28-27-19(31-20)15-5-7-22-11-23-15/h2-5,7-8,10-12,17H,6,9H2,1H3,(H,24,25)/b16-2-,26-10+/t17-/m0/s1. The van der Waals surface area contributed by atoms with E-state index >= 15 is 0 Å². The smallest absolute Gasteiger partial charge is 0.319 e. The van der Waals surface area contributed by atoms with Gasteiger partial charge in [-0.05, 0) is 25.1 Å². The number of aromatic nitrogens is 6. The summed E-state index contributed by atoms with van der Waals surface area (Å²) < 4.78 is 20.0. The third kappa shape index (κ3) is 3.50. The average Bonchev–Trinajstić information content (AvgIpc) is 3.48. The Kier molecular flexibility index (Phi) is 4.83. The van der Waals surface area contributed by atoms with E-state index in [-0.39, 0.29) is 11.9 Å². The van der Waals surface area contributed by atoms with E-state index in [1.165, 1.54) is 17.4 Å². The lowest BCUT2D eigenvalue weighted by Crippen LogP contribution is -2.37. The first-order chi connectivity index (χ1) is 15.2. The molecule has 31 heavy (non-hydrogen) atoms. The maximum atomic E-state index is 14.1. The van der Waals surface area contributed by atoms with Crippen molar-refractivity contribution in [3.8, 4) is 11.6 Å². The number of hydrogen-bond acceptors (Lipinski definition) is 9. The molecule has 0 aromatic carbocycles. The highest BCUT2D eigenvalue weighted by molar-refractivity contribution is 5.72. The summed E-state index contributed by atoms with van der Waals surface area (Å²) in [4.78, 5) is 17.6. The van der Waals surface area contributed by atoms with E-state index in [1.807, 2.05) is 4.90 Å². The molecule has 0 bridgehead atoms. The van der Waals surface area contributed by atoms with Gasteiger partial charge in [0.25, 0.3) is 5.89 Å². The van der Waals surface area contributed by atoms with Crippen LogP contribution in [0.25, 0.3) is 11.6 Å². The van der Waals surface area contributed by atoms with Crippen LogP contribution in [0.15, 0.2) is 70.4 Å². The van der Waals surface area contributed by atoms with E-state index < -0.39 is 0 Å². The van der Waals surface area contributed by atoms with Crippen LogP contribution in [0.4, 0.5) is 10.4 Å². The normalized spacial score (nSPS) is 19.9. The van der Waals surface area contributed by atoms with Crippen molar-refractivity contribution in [3.63, 3.8) is 0 Å². The molecule has 5 rings (SSSR count). The van der Waals surface area contributed by atoms with E-state index in [0.717, 1.165) is 17.8 Å². The number of hydrazone groups is 1. The van der Waals surface area contributed by atoms with Gasteiger partial charge in [-0.15, -0.1) is 5.10 Å². The van der Waals surface area contributed by atoms with Gasteiger partial charge in [0.1, 0.15) is 23.9 Å². The van der Waals surface area contributed by atoms with Gasteiger partial charge >= 0.3 is 6.01 Å². The molecule has 0 radical (unpaired) electrons. The number of halogens is 1. The fourth-order valence-electron chi connectivity index (χ4n) is 3.51. The third-order valence-corrected chi connectivity index (χ3v) is 5.00. The van der Waals surface area contributed by atoms with Gasteiger partial charge in [-0.3, -0.25) is 0 Å². The maximum absolute atomic E-state index is 14.1. The van der Waals surface area contributed by atoms with Crippen LogP contribution in [0.2, 0.25) is 0 Å². The van der Waals surface area contributed by atoms with Crippen LogP contribution < -0.4 is 4.90 Å². The van der Waals surface area contributed by atoms with Crippen LogP contribution in [0.1, 0.15) is 24.4 Å². The Morgan fingerprint density at radius 1 is 1.32 bits per heavy atom. The molecular formula is C20H18FN9O. The lowest BCUT2D eigenvalue weighted by molar-refractivity contribution is 0.455. The topological polar surface area (TPSA) is 112 Å². The summed E-state index contributed by atoms with van der Waals surface area (Å²) in [5.74, 6) is -0.0576. The molecule has 0 saturated heterocycles. The molecule has 156 valence electrons. The Bertz CT molecular complexity index is 1190. The first kappa shape index (κ1) is 18.9. The summed E-state index contributed by atoms with van der Waals surface area (Å²) in [7, 11) is 0. The van der Waals surface area contributed by atoms with Gasteiger partial charge in [0.2, 0.25) is 0 Å². The minimum atomic E-state index is -0.380. The molecule has 10 nitrogen and oxygen atoms in total. The van der Waals surface area contributed by atoms with Crippen molar-refractivity contribution < 1.29 is 8.81 Å². The second-order valence-electron chi connectivity index (χ2n) is 6.78. The van der Waals surface area contributed by atoms with Crippen LogP contribution >= 0.6 is 0 Å². The van der Waals surface area contributed by atoms with Gasteiger partial charge in [0, 0.05) is 31.1 Å². The fourth-order valence-corrected chi connectivity index (χ4v) is 3.51. The number of imidazole rings is 1. The van der Waals surface area contributed by atoms with E-state index in [1.54, 1.807) is 50.1 Å². The maximum Gasteiger partial charge on any atom is 0.319 e. The average molecular weight is 419 g/mol. The van der Waals surface area contributed by atoms with Gasteiger partial charge in [-0.25, -0.2) is 24.4 Å². The number of nitrogens with zero attached hydrogens (tertiary/aromatic N) is 8. The van der Waals surface area contributed by atoms with Crippen molar-refractivity contribution in [1.82, 2.24) is 35.1 Å². The van der Waals surface area contributed by atoms with Crippen LogP contribution in [0.3, 0.4) is 0 Å². The Hall–Kier alpha value is -4.15. The molecule has 0 aliphatic carbocycles. The Morgan fingerprint density at radius 3 is 3.10 bits per heavy atom. The Morgan fingerprint density at radius 2 is 2.26 bits per heavy atom. The van der Waals surface area contributed by atoms with E-state index in [4.69, 9.17) is 4.42 Å². The zero-order chi connectivity index (χ0) is 21.2. The zero-order valence-corrected chi connectivity index (χ0v) is 16.6.